The average molecular weight is 365 g/mol. The van der Waals surface area contributed by atoms with Crippen molar-refractivity contribution >= 4 is 17.3 Å². The molecule has 3 aromatic heterocycles. The topological polar surface area (TPSA) is 79.2 Å². The molecule has 0 spiro atoms. The summed E-state index contributed by atoms with van der Waals surface area (Å²) in [6.45, 7) is 5.25. The lowest BCUT2D eigenvalue weighted by Crippen LogP contribution is -2.35. The Morgan fingerprint density at radius 1 is 1.07 bits per heavy atom. The molecule has 7 heteroatoms. The Balaban J connectivity index is 1.53. The van der Waals surface area contributed by atoms with Gasteiger partial charge in [-0.3, -0.25) is 0 Å². The van der Waals surface area contributed by atoms with Crippen LogP contribution in [0.2, 0.25) is 0 Å². The van der Waals surface area contributed by atoms with Gasteiger partial charge in [-0.05, 0) is 56.6 Å². The van der Waals surface area contributed by atoms with E-state index in [0.29, 0.717) is 6.04 Å². The molecular weight excluding hydrogens is 338 g/mol. The number of piperidine rings is 1. The molecule has 4 rings (SSSR count). The van der Waals surface area contributed by atoms with Crippen molar-refractivity contribution in [2.45, 2.75) is 38.6 Å². The van der Waals surface area contributed by atoms with Crippen molar-refractivity contribution < 1.29 is 0 Å². The van der Waals surface area contributed by atoms with Crippen LogP contribution in [0.1, 0.15) is 32.6 Å². The smallest absolute Gasteiger partial charge is 0.154 e. The van der Waals surface area contributed by atoms with Gasteiger partial charge in [-0.1, -0.05) is 13.3 Å². The summed E-state index contributed by atoms with van der Waals surface area (Å²) in [4.78, 5) is 9.01. The molecule has 0 aliphatic carbocycles. The highest BCUT2D eigenvalue weighted by molar-refractivity contribution is 5.64. The molecule has 0 amide bonds. The number of nitrogens with one attached hydrogen (secondary N) is 3. The van der Waals surface area contributed by atoms with Crippen molar-refractivity contribution in [2.75, 3.05) is 30.3 Å². The van der Waals surface area contributed by atoms with Crippen molar-refractivity contribution in [3.63, 3.8) is 0 Å². The lowest BCUT2D eigenvalue weighted by Gasteiger charge is -2.24. The largest absolute Gasteiger partial charge is 0.370 e. The minimum Gasteiger partial charge on any atom is -0.370 e. The zero-order valence-corrected chi connectivity index (χ0v) is 15.8. The Morgan fingerprint density at radius 3 is 2.70 bits per heavy atom. The molecule has 3 N–H and O–H groups in total. The molecule has 0 saturated carbocycles. The number of nitrogens with zero attached hydrogens (tertiary/aromatic N) is 4. The molecule has 1 aliphatic rings. The first-order chi connectivity index (χ1) is 13.3. The molecule has 27 heavy (non-hydrogen) atoms. The fourth-order valence-electron chi connectivity index (χ4n) is 3.37. The van der Waals surface area contributed by atoms with Crippen molar-refractivity contribution in [3.8, 4) is 11.3 Å². The van der Waals surface area contributed by atoms with E-state index in [1.54, 1.807) is 0 Å². The SMILES string of the molecule is CCCCNc1ccc(-c2cnc3ccc(NC4CCNCC4)nn23)cn1. The molecule has 142 valence electrons. The van der Waals surface area contributed by atoms with E-state index in [4.69, 9.17) is 5.10 Å². The van der Waals surface area contributed by atoms with Gasteiger partial charge in [0, 0.05) is 24.3 Å². The summed E-state index contributed by atoms with van der Waals surface area (Å²) in [7, 11) is 0. The second-order valence-electron chi connectivity index (χ2n) is 7.01. The minimum atomic E-state index is 0.471. The number of hydrogen-bond acceptors (Lipinski definition) is 6. The maximum atomic E-state index is 4.77. The van der Waals surface area contributed by atoms with E-state index in [1.165, 1.54) is 6.42 Å². The van der Waals surface area contributed by atoms with Crippen LogP contribution in [0.4, 0.5) is 11.6 Å². The molecule has 7 nitrogen and oxygen atoms in total. The van der Waals surface area contributed by atoms with E-state index in [1.807, 2.05) is 35.1 Å². The van der Waals surface area contributed by atoms with E-state index in [2.05, 4.69) is 38.9 Å². The van der Waals surface area contributed by atoms with E-state index in [9.17, 15) is 0 Å². The Morgan fingerprint density at radius 2 is 1.93 bits per heavy atom. The molecule has 0 aromatic carbocycles. The summed E-state index contributed by atoms with van der Waals surface area (Å²) in [5.41, 5.74) is 2.80. The Hall–Kier alpha value is -2.67. The maximum absolute atomic E-state index is 4.77. The minimum absolute atomic E-state index is 0.471. The Bertz CT molecular complexity index is 866. The molecule has 0 bridgehead atoms. The van der Waals surface area contributed by atoms with Crippen molar-refractivity contribution in [1.29, 1.82) is 0 Å². The van der Waals surface area contributed by atoms with Gasteiger partial charge in [-0.2, -0.15) is 0 Å². The van der Waals surface area contributed by atoms with Crippen molar-refractivity contribution in [1.82, 2.24) is 24.9 Å². The van der Waals surface area contributed by atoms with Gasteiger partial charge < -0.3 is 16.0 Å². The molecule has 4 heterocycles. The predicted molar refractivity (Wildman–Crippen MR) is 109 cm³/mol. The number of aromatic nitrogens is 4. The lowest BCUT2D eigenvalue weighted by atomic mass is 10.1. The highest BCUT2D eigenvalue weighted by Gasteiger charge is 2.14. The van der Waals surface area contributed by atoms with Crippen LogP contribution in [0.3, 0.4) is 0 Å². The zero-order chi connectivity index (χ0) is 18.5. The molecule has 1 fully saturated rings. The van der Waals surface area contributed by atoms with Crippen molar-refractivity contribution in [3.05, 3.63) is 36.7 Å². The molecule has 1 saturated heterocycles. The molecule has 0 atom stereocenters. The third-order valence-electron chi connectivity index (χ3n) is 4.95. The Kier molecular flexibility index (Phi) is 5.48. The van der Waals surface area contributed by atoms with Gasteiger partial charge in [0.2, 0.25) is 0 Å². The second-order valence-corrected chi connectivity index (χ2v) is 7.01. The van der Waals surface area contributed by atoms with Crippen LogP contribution in [-0.4, -0.2) is 45.3 Å². The highest BCUT2D eigenvalue weighted by Crippen LogP contribution is 2.22. The zero-order valence-electron chi connectivity index (χ0n) is 15.8. The normalized spacial score (nSPS) is 15.1. The van der Waals surface area contributed by atoms with Gasteiger partial charge in [0.1, 0.15) is 11.6 Å². The quantitative estimate of drug-likeness (QED) is 0.558. The summed E-state index contributed by atoms with van der Waals surface area (Å²) < 4.78 is 1.89. The molecular formula is C20H27N7. The van der Waals surface area contributed by atoms with E-state index in [0.717, 1.165) is 67.4 Å². The Labute approximate surface area is 159 Å². The van der Waals surface area contributed by atoms with Crippen LogP contribution in [-0.2, 0) is 0 Å². The van der Waals surface area contributed by atoms with Crippen LogP contribution in [0, 0.1) is 0 Å². The number of fused-ring (bicyclic) bond motifs is 1. The number of pyridine rings is 1. The third kappa shape index (κ3) is 4.19. The predicted octanol–water partition coefficient (Wildman–Crippen LogP) is 3.17. The molecule has 1 aliphatic heterocycles. The molecule has 0 radical (unpaired) electrons. The third-order valence-corrected chi connectivity index (χ3v) is 4.95. The highest BCUT2D eigenvalue weighted by atomic mass is 15.3. The van der Waals surface area contributed by atoms with Gasteiger partial charge in [-0.25, -0.2) is 14.5 Å². The van der Waals surface area contributed by atoms with Gasteiger partial charge in [0.25, 0.3) is 0 Å². The van der Waals surface area contributed by atoms with E-state index < -0.39 is 0 Å². The number of unbranched alkanes of at least 4 members (excludes halogenated alkanes) is 1. The number of imidazole rings is 1. The molecule has 0 unspecified atom stereocenters. The van der Waals surface area contributed by atoms with Crippen LogP contribution >= 0.6 is 0 Å². The fourth-order valence-corrected chi connectivity index (χ4v) is 3.37. The summed E-state index contributed by atoms with van der Waals surface area (Å²) >= 11 is 0. The first-order valence-corrected chi connectivity index (χ1v) is 9.86. The fraction of sp³-hybridized carbons (Fsp3) is 0.450. The van der Waals surface area contributed by atoms with Crippen LogP contribution in [0.15, 0.2) is 36.7 Å². The first-order valence-electron chi connectivity index (χ1n) is 9.86. The van der Waals surface area contributed by atoms with Gasteiger partial charge in [-0.15, -0.1) is 5.10 Å². The summed E-state index contributed by atoms with van der Waals surface area (Å²) in [5, 5.41) is 15.1. The molecule has 3 aromatic rings. The van der Waals surface area contributed by atoms with Gasteiger partial charge in [0.15, 0.2) is 5.65 Å². The monoisotopic (exact) mass is 365 g/mol. The van der Waals surface area contributed by atoms with E-state index in [-0.39, 0.29) is 0 Å². The van der Waals surface area contributed by atoms with Gasteiger partial charge in [0.05, 0.1) is 11.9 Å². The van der Waals surface area contributed by atoms with Crippen LogP contribution in [0.5, 0.6) is 0 Å². The summed E-state index contributed by atoms with van der Waals surface area (Å²) in [6, 6.07) is 8.57. The standard InChI is InChI=1S/C20H27N7/c1-2-3-10-22-18-5-4-15(13-23-18)17-14-24-20-7-6-19(26-27(17)20)25-16-8-11-21-12-9-16/h4-7,13-14,16,21H,2-3,8-12H2,1H3,(H,22,23)(H,25,26). The summed E-state index contributed by atoms with van der Waals surface area (Å²) in [5.74, 6) is 1.79. The number of rotatable bonds is 7. The second kappa shape index (κ2) is 8.35. The summed E-state index contributed by atoms with van der Waals surface area (Å²) in [6.07, 6.45) is 8.30. The first kappa shape index (κ1) is 17.7. The average Bonchev–Trinajstić information content (AvgIpc) is 3.13. The van der Waals surface area contributed by atoms with Crippen molar-refractivity contribution in [2.24, 2.45) is 0 Å². The van der Waals surface area contributed by atoms with Crippen LogP contribution in [0.25, 0.3) is 16.9 Å². The number of hydrogen-bond donors (Lipinski definition) is 3. The number of anilines is 2. The lowest BCUT2D eigenvalue weighted by molar-refractivity contribution is 0.477. The van der Waals surface area contributed by atoms with Crippen LogP contribution < -0.4 is 16.0 Å². The van der Waals surface area contributed by atoms with Gasteiger partial charge >= 0.3 is 0 Å². The maximum Gasteiger partial charge on any atom is 0.154 e. The van der Waals surface area contributed by atoms with E-state index >= 15 is 0 Å².